The van der Waals surface area contributed by atoms with E-state index >= 15 is 0 Å². The van der Waals surface area contributed by atoms with E-state index in [1.807, 2.05) is 34.9 Å². The number of nitrogens with zero attached hydrogens (tertiary/aromatic N) is 3. The molecule has 106 valence electrons. The summed E-state index contributed by atoms with van der Waals surface area (Å²) in [7, 11) is 0. The van der Waals surface area contributed by atoms with Crippen LogP contribution in [-0.2, 0) is 6.54 Å². The molecular formula is C14H16ClN3OS. The molecule has 0 saturated heterocycles. The van der Waals surface area contributed by atoms with E-state index in [-0.39, 0.29) is 6.61 Å². The van der Waals surface area contributed by atoms with Crippen molar-refractivity contribution in [2.75, 3.05) is 12.4 Å². The second-order valence-electron chi connectivity index (χ2n) is 4.14. The zero-order valence-electron chi connectivity index (χ0n) is 11.0. The Kier molecular flexibility index (Phi) is 5.64. The van der Waals surface area contributed by atoms with Crippen molar-refractivity contribution in [3.63, 3.8) is 0 Å². The molecule has 2 aromatic rings. The minimum Gasteiger partial charge on any atom is -0.396 e. The van der Waals surface area contributed by atoms with Gasteiger partial charge in [0, 0.05) is 29.5 Å². The second kappa shape index (κ2) is 7.47. The molecule has 0 spiro atoms. The summed E-state index contributed by atoms with van der Waals surface area (Å²) < 4.78 is 2.01. The minimum absolute atomic E-state index is 0.187. The summed E-state index contributed by atoms with van der Waals surface area (Å²) in [6, 6.07) is 7.52. The molecule has 0 radical (unpaired) electrons. The highest BCUT2D eigenvalue weighted by Crippen LogP contribution is 2.25. The van der Waals surface area contributed by atoms with Crippen molar-refractivity contribution in [3.8, 4) is 11.4 Å². The van der Waals surface area contributed by atoms with Crippen molar-refractivity contribution in [2.45, 2.75) is 18.1 Å². The van der Waals surface area contributed by atoms with Gasteiger partial charge in [-0.3, -0.25) is 4.57 Å². The Morgan fingerprint density at radius 3 is 2.70 bits per heavy atom. The van der Waals surface area contributed by atoms with Crippen LogP contribution in [0.2, 0.25) is 5.02 Å². The third-order valence-corrected chi connectivity index (χ3v) is 3.97. The Balaban J connectivity index is 2.28. The summed E-state index contributed by atoms with van der Waals surface area (Å²) in [5.41, 5.74) is 0.970. The summed E-state index contributed by atoms with van der Waals surface area (Å²) in [6.45, 7) is 4.61. The summed E-state index contributed by atoms with van der Waals surface area (Å²) in [4.78, 5) is 0. The summed E-state index contributed by atoms with van der Waals surface area (Å²) in [6.07, 6.45) is 2.56. The number of allylic oxidation sites excluding steroid dienone is 1. The normalized spacial score (nSPS) is 10.7. The Labute approximate surface area is 127 Å². The maximum Gasteiger partial charge on any atom is 0.191 e. The second-order valence-corrected chi connectivity index (χ2v) is 5.64. The lowest BCUT2D eigenvalue weighted by atomic mass is 10.2. The van der Waals surface area contributed by atoms with Gasteiger partial charge in [0.25, 0.3) is 0 Å². The van der Waals surface area contributed by atoms with Gasteiger partial charge in [-0.1, -0.05) is 29.4 Å². The van der Waals surface area contributed by atoms with Crippen molar-refractivity contribution in [1.29, 1.82) is 0 Å². The number of aliphatic hydroxyl groups excluding tert-OH is 1. The van der Waals surface area contributed by atoms with Gasteiger partial charge in [0.2, 0.25) is 0 Å². The van der Waals surface area contributed by atoms with Crippen molar-refractivity contribution < 1.29 is 5.11 Å². The molecule has 1 heterocycles. The van der Waals surface area contributed by atoms with Gasteiger partial charge in [-0.25, -0.2) is 0 Å². The number of hydrogen-bond acceptors (Lipinski definition) is 4. The smallest absolute Gasteiger partial charge is 0.191 e. The molecule has 0 fully saturated rings. The average molecular weight is 310 g/mol. The van der Waals surface area contributed by atoms with Gasteiger partial charge in [-0.05, 0) is 30.7 Å². The number of rotatable bonds is 7. The molecular weight excluding hydrogens is 294 g/mol. The molecule has 20 heavy (non-hydrogen) atoms. The van der Waals surface area contributed by atoms with Crippen LogP contribution < -0.4 is 0 Å². The number of hydrogen-bond donors (Lipinski definition) is 1. The van der Waals surface area contributed by atoms with E-state index in [1.165, 1.54) is 0 Å². The molecule has 1 N–H and O–H groups in total. The van der Waals surface area contributed by atoms with Crippen LogP contribution in [0.4, 0.5) is 0 Å². The highest BCUT2D eigenvalue weighted by molar-refractivity contribution is 7.99. The van der Waals surface area contributed by atoms with Gasteiger partial charge in [0.15, 0.2) is 11.0 Å². The fourth-order valence-electron chi connectivity index (χ4n) is 1.73. The lowest BCUT2D eigenvalue weighted by molar-refractivity contribution is 0.296. The Morgan fingerprint density at radius 1 is 1.30 bits per heavy atom. The van der Waals surface area contributed by atoms with Crippen LogP contribution in [0, 0.1) is 0 Å². The van der Waals surface area contributed by atoms with Crippen LogP contribution in [-0.4, -0.2) is 32.2 Å². The van der Waals surface area contributed by atoms with E-state index in [9.17, 15) is 0 Å². The van der Waals surface area contributed by atoms with E-state index < -0.39 is 0 Å². The van der Waals surface area contributed by atoms with Crippen LogP contribution in [0.5, 0.6) is 0 Å². The first-order valence-corrected chi connectivity index (χ1v) is 7.66. The molecule has 0 bridgehead atoms. The van der Waals surface area contributed by atoms with E-state index in [2.05, 4.69) is 16.8 Å². The first kappa shape index (κ1) is 15.1. The topological polar surface area (TPSA) is 50.9 Å². The maximum absolute atomic E-state index is 8.84. The molecule has 0 aliphatic carbocycles. The Hall–Kier alpha value is -1.30. The number of benzene rings is 1. The first-order valence-electron chi connectivity index (χ1n) is 6.30. The maximum atomic E-state index is 8.84. The molecule has 0 aliphatic heterocycles. The van der Waals surface area contributed by atoms with Gasteiger partial charge in [-0.15, -0.1) is 16.8 Å². The Morgan fingerprint density at radius 2 is 2.05 bits per heavy atom. The first-order chi connectivity index (χ1) is 9.76. The molecule has 0 unspecified atom stereocenters. The standard InChI is InChI=1S/C14H16ClN3OS/c1-2-8-18-13(11-4-6-12(15)7-5-11)16-17-14(18)20-10-3-9-19/h2,4-7,19H,1,3,8-10H2. The molecule has 2 rings (SSSR count). The molecule has 1 aromatic heterocycles. The molecule has 0 amide bonds. The Bertz CT molecular complexity index is 568. The van der Waals surface area contributed by atoms with Crippen molar-refractivity contribution >= 4 is 23.4 Å². The van der Waals surface area contributed by atoms with Crippen molar-refractivity contribution in [1.82, 2.24) is 14.8 Å². The molecule has 0 aliphatic rings. The molecule has 6 heteroatoms. The number of aromatic nitrogens is 3. The zero-order valence-corrected chi connectivity index (χ0v) is 12.6. The SMILES string of the molecule is C=CCn1c(SCCCO)nnc1-c1ccc(Cl)cc1. The van der Waals surface area contributed by atoms with E-state index in [0.29, 0.717) is 11.6 Å². The number of thioether (sulfide) groups is 1. The highest BCUT2D eigenvalue weighted by Gasteiger charge is 2.13. The summed E-state index contributed by atoms with van der Waals surface area (Å²) in [5, 5.41) is 18.8. The lowest BCUT2D eigenvalue weighted by Gasteiger charge is -2.07. The third kappa shape index (κ3) is 3.62. The molecule has 0 saturated carbocycles. The summed E-state index contributed by atoms with van der Waals surface area (Å²) >= 11 is 7.49. The predicted molar refractivity (Wildman–Crippen MR) is 83.1 cm³/mol. The van der Waals surface area contributed by atoms with Crippen LogP contribution in [0.25, 0.3) is 11.4 Å². The highest BCUT2D eigenvalue weighted by atomic mass is 35.5. The molecule has 0 atom stereocenters. The van der Waals surface area contributed by atoms with Gasteiger partial charge in [-0.2, -0.15) is 0 Å². The van der Waals surface area contributed by atoms with Crippen molar-refractivity contribution in [2.24, 2.45) is 0 Å². The number of halogens is 1. The van der Waals surface area contributed by atoms with Gasteiger partial charge < -0.3 is 5.11 Å². The average Bonchev–Trinajstić information content (AvgIpc) is 2.84. The van der Waals surface area contributed by atoms with Gasteiger partial charge in [0.05, 0.1) is 0 Å². The molecule has 4 nitrogen and oxygen atoms in total. The molecule has 1 aromatic carbocycles. The van der Waals surface area contributed by atoms with E-state index in [4.69, 9.17) is 16.7 Å². The lowest BCUT2D eigenvalue weighted by Crippen LogP contribution is -2.01. The number of aliphatic hydroxyl groups is 1. The van der Waals surface area contributed by atoms with Crippen LogP contribution in [0.3, 0.4) is 0 Å². The quantitative estimate of drug-likeness (QED) is 0.484. The fraction of sp³-hybridized carbons (Fsp3) is 0.286. The van der Waals surface area contributed by atoms with Crippen LogP contribution in [0.1, 0.15) is 6.42 Å². The fourth-order valence-corrected chi connectivity index (χ4v) is 2.73. The monoisotopic (exact) mass is 309 g/mol. The van der Waals surface area contributed by atoms with E-state index in [1.54, 1.807) is 11.8 Å². The minimum atomic E-state index is 0.187. The van der Waals surface area contributed by atoms with Crippen LogP contribution in [0.15, 0.2) is 42.1 Å². The van der Waals surface area contributed by atoms with Gasteiger partial charge in [0.1, 0.15) is 0 Å². The van der Waals surface area contributed by atoms with Gasteiger partial charge >= 0.3 is 0 Å². The third-order valence-electron chi connectivity index (χ3n) is 2.66. The van der Waals surface area contributed by atoms with E-state index in [0.717, 1.165) is 28.7 Å². The van der Waals surface area contributed by atoms with Crippen molar-refractivity contribution in [3.05, 3.63) is 41.9 Å². The summed E-state index contributed by atoms with van der Waals surface area (Å²) in [5.74, 6) is 1.61. The van der Waals surface area contributed by atoms with Crippen LogP contribution >= 0.6 is 23.4 Å². The predicted octanol–water partition coefficient (Wildman–Crippen LogP) is 3.26. The zero-order chi connectivity index (χ0) is 14.4. The largest absolute Gasteiger partial charge is 0.396 e.